The Morgan fingerprint density at radius 1 is 1.22 bits per heavy atom. The molecule has 0 amide bonds. The Kier molecular flexibility index (Phi) is 4.57. The highest BCUT2D eigenvalue weighted by atomic mass is 79.9. The van der Waals surface area contributed by atoms with Gasteiger partial charge in [-0.2, -0.15) is 0 Å². The van der Waals surface area contributed by atoms with E-state index in [1.54, 1.807) is 0 Å². The topological polar surface area (TPSA) is 37.3 Å². The van der Waals surface area contributed by atoms with Gasteiger partial charge in [0.15, 0.2) is 11.4 Å². The van der Waals surface area contributed by atoms with E-state index in [1.807, 2.05) is 30.3 Å². The maximum absolute atomic E-state index is 12.2. The molecule has 1 aliphatic carbocycles. The number of hydrogen-bond donors (Lipinski definition) is 1. The number of Topliss-reactive ketones (excluding diaryl/α,β-unsaturated/α-hetero) is 1. The van der Waals surface area contributed by atoms with Gasteiger partial charge in [0.1, 0.15) is 0 Å². The van der Waals surface area contributed by atoms with Crippen LogP contribution >= 0.6 is 15.9 Å². The van der Waals surface area contributed by atoms with Crippen LogP contribution in [-0.4, -0.2) is 16.2 Å². The molecule has 0 bridgehead atoms. The monoisotopic (exact) mass is 310 g/mol. The van der Waals surface area contributed by atoms with Crippen molar-refractivity contribution >= 4 is 21.7 Å². The van der Waals surface area contributed by atoms with Crippen molar-refractivity contribution in [2.45, 2.75) is 37.7 Å². The van der Waals surface area contributed by atoms with Gasteiger partial charge in [-0.05, 0) is 24.3 Å². The third-order valence-corrected chi connectivity index (χ3v) is 4.47. The van der Waals surface area contributed by atoms with Gasteiger partial charge in [0.25, 0.3) is 0 Å². The lowest BCUT2D eigenvalue weighted by molar-refractivity contribution is -0.143. The zero-order valence-corrected chi connectivity index (χ0v) is 12.0. The van der Waals surface area contributed by atoms with Crippen molar-refractivity contribution < 1.29 is 9.90 Å². The third-order valence-electron chi connectivity index (χ3n) is 3.96. The highest BCUT2D eigenvalue weighted by Crippen LogP contribution is 2.40. The number of carbonyl (C=O) groups is 1. The first kappa shape index (κ1) is 13.8. The summed E-state index contributed by atoms with van der Waals surface area (Å²) in [6.45, 7) is 0. The molecule has 1 fully saturated rings. The second-order valence-corrected chi connectivity index (χ2v) is 5.58. The molecule has 0 saturated heterocycles. The molecule has 18 heavy (non-hydrogen) atoms. The molecular formula is C15H19BrO2. The van der Waals surface area contributed by atoms with Crippen LogP contribution in [0.15, 0.2) is 30.3 Å². The Bertz CT molecular complexity index is 398. The summed E-state index contributed by atoms with van der Waals surface area (Å²) in [5, 5.41) is 11.2. The number of halogens is 1. The minimum atomic E-state index is -1.31. The van der Waals surface area contributed by atoms with Gasteiger partial charge in [-0.15, -0.1) is 0 Å². The molecule has 2 rings (SSSR count). The van der Waals surface area contributed by atoms with E-state index in [2.05, 4.69) is 15.9 Å². The van der Waals surface area contributed by atoms with E-state index in [9.17, 15) is 9.90 Å². The number of benzene rings is 1. The fourth-order valence-corrected chi connectivity index (χ4v) is 3.37. The van der Waals surface area contributed by atoms with Crippen molar-refractivity contribution in [1.82, 2.24) is 0 Å². The van der Waals surface area contributed by atoms with Gasteiger partial charge in [-0.25, -0.2) is 0 Å². The smallest absolute Gasteiger partial charge is 0.179 e. The summed E-state index contributed by atoms with van der Waals surface area (Å²) >= 11 is 3.20. The maximum Gasteiger partial charge on any atom is 0.179 e. The van der Waals surface area contributed by atoms with Crippen molar-refractivity contribution in [3.8, 4) is 0 Å². The second kappa shape index (κ2) is 5.98. The van der Waals surface area contributed by atoms with Crippen LogP contribution in [0.3, 0.4) is 0 Å². The Labute approximate surface area is 117 Å². The Balaban J connectivity index is 2.36. The van der Waals surface area contributed by atoms with Crippen molar-refractivity contribution in [2.75, 3.05) is 5.33 Å². The fourth-order valence-electron chi connectivity index (χ4n) is 2.94. The number of alkyl halides is 1. The molecule has 1 aliphatic rings. The molecule has 0 unspecified atom stereocenters. The molecule has 0 radical (unpaired) electrons. The molecule has 98 valence electrons. The highest BCUT2D eigenvalue weighted by molar-refractivity contribution is 9.09. The SMILES string of the molecule is O=C(CBr)[C@@](O)(c1ccccc1)C1CCCCC1. The zero-order chi connectivity index (χ0) is 13.0. The van der Waals surface area contributed by atoms with Crippen LogP contribution in [0.2, 0.25) is 0 Å². The molecule has 0 aliphatic heterocycles. The number of ketones is 1. The van der Waals surface area contributed by atoms with Crippen LogP contribution < -0.4 is 0 Å². The lowest BCUT2D eigenvalue weighted by Crippen LogP contribution is -2.44. The van der Waals surface area contributed by atoms with Crippen molar-refractivity contribution in [1.29, 1.82) is 0 Å². The number of rotatable bonds is 4. The predicted octanol–water partition coefficient (Wildman–Crippen LogP) is 3.42. The lowest BCUT2D eigenvalue weighted by Gasteiger charge is -2.37. The molecule has 3 heteroatoms. The summed E-state index contributed by atoms with van der Waals surface area (Å²) in [4.78, 5) is 12.2. The summed E-state index contributed by atoms with van der Waals surface area (Å²) in [5.41, 5.74) is -0.577. The molecule has 1 aromatic rings. The van der Waals surface area contributed by atoms with E-state index in [0.717, 1.165) is 31.2 Å². The normalized spacial score (nSPS) is 20.3. The van der Waals surface area contributed by atoms with Crippen LogP contribution in [0, 0.1) is 5.92 Å². The minimum absolute atomic E-state index is 0.0544. The molecule has 0 aromatic heterocycles. The number of aliphatic hydroxyl groups is 1. The maximum atomic E-state index is 12.2. The number of carbonyl (C=O) groups excluding carboxylic acids is 1. The quantitative estimate of drug-likeness (QED) is 0.865. The first-order valence-corrected chi connectivity index (χ1v) is 7.69. The van der Waals surface area contributed by atoms with Crippen molar-refractivity contribution in [2.24, 2.45) is 5.92 Å². The summed E-state index contributed by atoms with van der Waals surface area (Å²) in [5.74, 6) is -0.0701. The predicted molar refractivity (Wildman–Crippen MR) is 75.7 cm³/mol. The first-order chi connectivity index (χ1) is 8.69. The van der Waals surface area contributed by atoms with Crippen molar-refractivity contribution in [3.63, 3.8) is 0 Å². The molecule has 1 N–H and O–H groups in total. The summed E-state index contributed by atoms with van der Waals surface area (Å²) < 4.78 is 0. The van der Waals surface area contributed by atoms with Gasteiger partial charge >= 0.3 is 0 Å². The molecule has 1 aromatic carbocycles. The average Bonchev–Trinajstić information content (AvgIpc) is 2.47. The molecule has 2 nitrogen and oxygen atoms in total. The van der Waals surface area contributed by atoms with Gasteiger partial charge in [-0.1, -0.05) is 65.5 Å². The second-order valence-electron chi connectivity index (χ2n) is 5.02. The Morgan fingerprint density at radius 3 is 2.39 bits per heavy atom. The fraction of sp³-hybridized carbons (Fsp3) is 0.533. The largest absolute Gasteiger partial charge is 0.377 e. The van der Waals surface area contributed by atoms with Gasteiger partial charge in [-0.3, -0.25) is 4.79 Å². The highest BCUT2D eigenvalue weighted by Gasteiger charge is 2.44. The summed E-state index contributed by atoms with van der Waals surface area (Å²) in [7, 11) is 0. The first-order valence-electron chi connectivity index (χ1n) is 6.56. The van der Waals surface area contributed by atoms with Crippen LogP contribution in [0.25, 0.3) is 0 Å². The zero-order valence-electron chi connectivity index (χ0n) is 10.4. The minimum Gasteiger partial charge on any atom is -0.377 e. The number of hydrogen-bond acceptors (Lipinski definition) is 2. The standard InChI is InChI=1S/C15H19BrO2/c16-11-14(17)15(18,12-7-3-1-4-8-12)13-9-5-2-6-10-13/h1,3-4,7-8,13,18H,2,5-6,9-11H2/t15-/m1/s1. The van der Waals surface area contributed by atoms with E-state index in [4.69, 9.17) is 0 Å². The van der Waals surface area contributed by atoms with Crippen LogP contribution in [0.5, 0.6) is 0 Å². The van der Waals surface area contributed by atoms with E-state index >= 15 is 0 Å². The van der Waals surface area contributed by atoms with Crippen LogP contribution in [0.4, 0.5) is 0 Å². The summed E-state index contributed by atoms with van der Waals surface area (Å²) in [6, 6.07) is 9.38. The van der Waals surface area contributed by atoms with Crippen molar-refractivity contribution in [3.05, 3.63) is 35.9 Å². The van der Waals surface area contributed by atoms with Crippen LogP contribution in [-0.2, 0) is 10.4 Å². The molecule has 1 saturated carbocycles. The average molecular weight is 311 g/mol. The van der Waals surface area contributed by atoms with E-state index in [0.29, 0.717) is 0 Å². The van der Waals surface area contributed by atoms with Gasteiger partial charge < -0.3 is 5.11 Å². The molecular weight excluding hydrogens is 292 g/mol. The Morgan fingerprint density at radius 2 is 1.83 bits per heavy atom. The van der Waals surface area contributed by atoms with Gasteiger partial charge in [0, 0.05) is 0 Å². The van der Waals surface area contributed by atoms with E-state index < -0.39 is 5.60 Å². The van der Waals surface area contributed by atoms with Gasteiger partial charge in [0.05, 0.1) is 5.33 Å². The summed E-state index contributed by atoms with van der Waals surface area (Å²) in [6.07, 6.45) is 5.29. The van der Waals surface area contributed by atoms with Crippen LogP contribution in [0.1, 0.15) is 37.7 Å². The third kappa shape index (κ3) is 2.52. The molecule has 1 atom stereocenters. The lowest BCUT2D eigenvalue weighted by atomic mass is 9.71. The van der Waals surface area contributed by atoms with E-state index in [-0.39, 0.29) is 17.0 Å². The van der Waals surface area contributed by atoms with Gasteiger partial charge in [0.2, 0.25) is 0 Å². The molecule has 0 heterocycles. The molecule has 0 spiro atoms. The van der Waals surface area contributed by atoms with E-state index in [1.165, 1.54) is 6.42 Å². The Hall–Kier alpha value is -0.670.